The smallest absolute Gasteiger partial charge is 0.272 e. The Labute approximate surface area is 149 Å². The standard InChI is InChI=1S/C19H26N4O2/c1-5-6-11-23(3)19(24)16-12-18(22-14(2)21-16)20-13-15-9-7-8-10-17(15)25-4/h7-10,12H,5-6,11,13H2,1-4H3,(H,20,21,22). The van der Waals surface area contributed by atoms with Crippen LogP contribution in [-0.2, 0) is 6.54 Å². The highest BCUT2D eigenvalue weighted by Gasteiger charge is 2.15. The van der Waals surface area contributed by atoms with Gasteiger partial charge >= 0.3 is 0 Å². The molecule has 1 heterocycles. The van der Waals surface area contributed by atoms with Crippen LogP contribution in [0.5, 0.6) is 5.75 Å². The van der Waals surface area contributed by atoms with E-state index in [1.54, 1.807) is 32.0 Å². The highest BCUT2D eigenvalue weighted by Crippen LogP contribution is 2.19. The predicted molar refractivity (Wildman–Crippen MR) is 99.0 cm³/mol. The van der Waals surface area contributed by atoms with Gasteiger partial charge < -0.3 is 15.0 Å². The van der Waals surface area contributed by atoms with Crippen LogP contribution in [0.3, 0.4) is 0 Å². The quantitative estimate of drug-likeness (QED) is 0.797. The maximum absolute atomic E-state index is 12.5. The van der Waals surface area contributed by atoms with Crippen molar-refractivity contribution in [3.8, 4) is 5.75 Å². The molecule has 134 valence electrons. The molecule has 0 aliphatic rings. The third-order valence-electron chi connectivity index (χ3n) is 3.90. The molecule has 6 heteroatoms. The zero-order valence-corrected chi connectivity index (χ0v) is 15.4. The average Bonchev–Trinajstić information content (AvgIpc) is 2.63. The zero-order valence-electron chi connectivity index (χ0n) is 15.4. The lowest BCUT2D eigenvalue weighted by molar-refractivity contribution is 0.0787. The number of carbonyl (C=O) groups excluding carboxylic acids is 1. The molecule has 2 aromatic rings. The molecule has 1 aromatic carbocycles. The fraction of sp³-hybridized carbons (Fsp3) is 0.421. The number of nitrogens with zero attached hydrogens (tertiary/aromatic N) is 3. The van der Waals surface area contributed by atoms with Crippen LogP contribution in [0.25, 0.3) is 0 Å². The number of carbonyl (C=O) groups is 1. The molecule has 2 rings (SSSR count). The maximum Gasteiger partial charge on any atom is 0.272 e. The van der Waals surface area contributed by atoms with E-state index in [9.17, 15) is 4.79 Å². The summed E-state index contributed by atoms with van der Waals surface area (Å²) >= 11 is 0. The first kappa shape index (κ1) is 18.7. The van der Waals surface area contributed by atoms with Gasteiger partial charge in [-0.05, 0) is 19.4 Å². The molecule has 0 aliphatic heterocycles. The van der Waals surface area contributed by atoms with Gasteiger partial charge in [0.2, 0.25) is 0 Å². The highest BCUT2D eigenvalue weighted by molar-refractivity contribution is 5.92. The van der Waals surface area contributed by atoms with Gasteiger partial charge in [0.05, 0.1) is 7.11 Å². The number of anilines is 1. The summed E-state index contributed by atoms with van der Waals surface area (Å²) in [6.07, 6.45) is 2.03. The third kappa shape index (κ3) is 5.17. The molecule has 1 N–H and O–H groups in total. The summed E-state index contributed by atoms with van der Waals surface area (Å²) in [6, 6.07) is 9.50. The lowest BCUT2D eigenvalue weighted by Crippen LogP contribution is -2.28. The third-order valence-corrected chi connectivity index (χ3v) is 3.90. The second-order valence-electron chi connectivity index (χ2n) is 5.93. The van der Waals surface area contributed by atoms with Crippen molar-refractivity contribution >= 4 is 11.7 Å². The Kier molecular flexibility index (Phi) is 6.74. The summed E-state index contributed by atoms with van der Waals surface area (Å²) in [5.74, 6) is 1.93. The predicted octanol–water partition coefficient (Wildman–Crippen LogP) is 3.28. The first-order valence-corrected chi connectivity index (χ1v) is 8.52. The Morgan fingerprint density at radius 3 is 2.76 bits per heavy atom. The molecule has 0 saturated heterocycles. The molecule has 6 nitrogen and oxygen atoms in total. The number of para-hydroxylation sites is 1. The van der Waals surface area contributed by atoms with Crippen LogP contribution in [-0.4, -0.2) is 41.5 Å². The average molecular weight is 342 g/mol. The van der Waals surface area contributed by atoms with E-state index in [4.69, 9.17) is 4.74 Å². The van der Waals surface area contributed by atoms with Crippen molar-refractivity contribution in [2.24, 2.45) is 0 Å². The molecule has 1 amide bonds. The Bertz CT molecular complexity index is 718. The van der Waals surface area contributed by atoms with Gasteiger partial charge in [0.15, 0.2) is 0 Å². The minimum Gasteiger partial charge on any atom is -0.496 e. The first-order valence-electron chi connectivity index (χ1n) is 8.52. The van der Waals surface area contributed by atoms with E-state index >= 15 is 0 Å². The monoisotopic (exact) mass is 342 g/mol. The van der Waals surface area contributed by atoms with Crippen LogP contribution >= 0.6 is 0 Å². The van der Waals surface area contributed by atoms with E-state index in [0.29, 0.717) is 23.9 Å². The van der Waals surface area contributed by atoms with E-state index in [1.807, 2.05) is 24.3 Å². The number of aryl methyl sites for hydroxylation is 1. The van der Waals surface area contributed by atoms with E-state index in [-0.39, 0.29) is 5.91 Å². The number of hydrogen-bond acceptors (Lipinski definition) is 5. The number of nitrogens with one attached hydrogen (secondary N) is 1. The fourth-order valence-corrected chi connectivity index (χ4v) is 2.49. The van der Waals surface area contributed by atoms with Crippen LogP contribution in [0.15, 0.2) is 30.3 Å². The second kappa shape index (κ2) is 9.01. The molecular weight excluding hydrogens is 316 g/mol. The number of amides is 1. The van der Waals surface area contributed by atoms with Crippen LogP contribution in [0.4, 0.5) is 5.82 Å². The molecule has 0 unspecified atom stereocenters. The molecule has 0 radical (unpaired) electrons. The number of aromatic nitrogens is 2. The van der Waals surface area contributed by atoms with E-state index in [2.05, 4.69) is 22.2 Å². The van der Waals surface area contributed by atoms with Crippen molar-refractivity contribution in [1.29, 1.82) is 0 Å². The largest absolute Gasteiger partial charge is 0.496 e. The molecule has 25 heavy (non-hydrogen) atoms. The zero-order chi connectivity index (χ0) is 18.2. The van der Waals surface area contributed by atoms with E-state index < -0.39 is 0 Å². The van der Waals surface area contributed by atoms with Crippen LogP contribution in [0.1, 0.15) is 41.6 Å². The van der Waals surface area contributed by atoms with Gasteiger partial charge in [-0.1, -0.05) is 31.5 Å². The molecular formula is C19H26N4O2. The maximum atomic E-state index is 12.5. The number of rotatable bonds is 8. The fourth-order valence-electron chi connectivity index (χ4n) is 2.49. The van der Waals surface area contributed by atoms with Crippen molar-refractivity contribution in [1.82, 2.24) is 14.9 Å². The summed E-state index contributed by atoms with van der Waals surface area (Å²) in [4.78, 5) is 22.9. The highest BCUT2D eigenvalue weighted by atomic mass is 16.5. The Morgan fingerprint density at radius 1 is 1.28 bits per heavy atom. The van der Waals surface area contributed by atoms with Crippen molar-refractivity contribution < 1.29 is 9.53 Å². The van der Waals surface area contributed by atoms with Crippen LogP contribution in [0, 0.1) is 6.92 Å². The number of hydrogen-bond donors (Lipinski definition) is 1. The minimum absolute atomic E-state index is 0.0840. The van der Waals surface area contributed by atoms with E-state index in [1.165, 1.54) is 0 Å². The lowest BCUT2D eigenvalue weighted by Gasteiger charge is -2.17. The van der Waals surface area contributed by atoms with Gasteiger partial charge in [0.1, 0.15) is 23.1 Å². The normalized spacial score (nSPS) is 10.4. The SMILES string of the molecule is CCCCN(C)C(=O)c1cc(NCc2ccccc2OC)nc(C)n1. The van der Waals surface area contributed by atoms with Crippen molar-refractivity contribution in [3.63, 3.8) is 0 Å². The summed E-state index contributed by atoms with van der Waals surface area (Å²) in [5, 5.41) is 3.25. The van der Waals surface area contributed by atoms with Gasteiger partial charge in [-0.15, -0.1) is 0 Å². The Morgan fingerprint density at radius 2 is 2.04 bits per heavy atom. The first-order chi connectivity index (χ1) is 12.0. The summed E-state index contributed by atoms with van der Waals surface area (Å²) < 4.78 is 5.35. The molecule has 1 aromatic heterocycles. The second-order valence-corrected chi connectivity index (χ2v) is 5.93. The van der Waals surface area contributed by atoms with Crippen molar-refractivity contribution in [3.05, 3.63) is 47.4 Å². The molecule has 0 spiro atoms. The molecule has 0 bridgehead atoms. The molecule has 0 aliphatic carbocycles. The summed E-state index contributed by atoms with van der Waals surface area (Å²) in [6.45, 7) is 5.17. The lowest BCUT2D eigenvalue weighted by atomic mass is 10.2. The summed E-state index contributed by atoms with van der Waals surface area (Å²) in [7, 11) is 3.45. The minimum atomic E-state index is -0.0840. The van der Waals surface area contributed by atoms with Crippen molar-refractivity contribution in [2.75, 3.05) is 26.0 Å². The number of unbranched alkanes of at least 4 members (excludes halogenated alkanes) is 1. The van der Waals surface area contributed by atoms with Gasteiger partial charge in [0, 0.05) is 31.8 Å². The Hall–Kier alpha value is -2.63. The van der Waals surface area contributed by atoms with Gasteiger partial charge in [-0.25, -0.2) is 9.97 Å². The van der Waals surface area contributed by atoms with E-state index in [0.717, 1.165) is 30.7 Å². The van der Waals surface area contributed by atoms with Gasteiger partial charge in [0.25, 0.3) is 5.91 Å². The van der Waals surface area contributed by atoms with Gasteiger partial charge in [-0.2, -0.15) is 0 Å². The van der Waals surface area contributed by atoms with Crippen molar-refractivity contribution in [2.45, 2.75) is 33.2 Å². The van der Waals surface area contributed by atoms with Crippen LogP contribution < -0.4 is 10.1 Å². The van der Waals surface area contributed by atoms with Gasteiger partial charge in [-0.3, -0.25) is 4.79 Å². The summed E-state index contributed by atoms with van der Waals surface area (Å²) in [5.41, 5.74) is 1.43. The number of benzene rings is 1. The Balaban J connectivity index is 2.12. The topological polar surface area (TPSA) is 67.4 Å². The number of ether oxygens (including phenoxy) is 1. The molecule has 0 atom stereocenters. The molecule has 0 saturated carbocycles. The molecule has 0 fully saturated rings. The van der Waals surface area contributed by atoms with Crippen LogP contribution in [0.2, 0.25) is 0 Å². The number of methoxy groups -OCH3 is 1.